The molecule has 0 saturated heterocycles. The molecule has 19 heavy (non-hydrogen) atoms. The number of H-pyrrole nitrogens is 1. The largest absolute Gasteiger partial charge is 0.383 e. The Morgan fingerprint density at radius 3 is 2.63 bits per heavy atom. The second-order valence-corrected chi connectivity index (χ2v) is 4.29. The number of nitrogens with zero attached hydrogens (tertiary/aromatic N) is 1. The van der Waals surface area contributed by atoms with Gasteiger partial charge in [-0.05, 0) is 13.3 Å². The number of hydrogen-bond donors (Lipinski definition) is 4. The monoisotopic (exact) mass is 269 g/mol. The average Bonchev–Trinajstić information content (AvgIpc) is 2.33. The Hall–Kier alpha value is -2.25. The topological polar surface area (TPSA) is 136 Å². The molecular weight excluding hydrogens is 250 g/mol. The van der Waals surface area contributed by atoms with E-state index in [1.165, 1.54) is 11.5 Å². The van der Waals surface area contributed by atoms with Crippen molar-refractivity contribution in [2.75, 3.05) is 11.1 Å². The van der Waals surface area contributed by atoms with E-state index in [1.807, 2.05) is 6.92 Å². The molecular formula is C11H19N5O3. The van der Waals surface area contributed by atoms with Crippen molar-refractivity contribution in [1.29, 1.82) is 0 Å². The highest BCUT2D eigenvalue weighted by molar-refractivity contribution is 5.83. The summed E-state index contributed by atoms with van der Waals surface area (Å²) in [6, 6.07) is -0.763. The number of aromatic nitrogens is 2. The lowest BCUT2D eigenvalue weighted by atomic mass is 10.3. The zero-order chi connectivity index (χ0) is 14.6. The molecule has 1 heterocycles. The van der Waals surface area contributed by atoms with E-state index < -0.39 is 23.2 Å². The molecule has 0 aromatic carbocycles. The van der Waals surface area contributed by atoms with Crippen LogP contribution < -0.4 is 28.0 Å². The number of primary amides is 1. The minimum absolute atomic E-state index is 0.00954. The molecule has 1 aromatic rings. The molecule has 106 valence electrons. The number of amides is 1. The van der Waals surface area contributed by atoms with Crippen LogP contribution >= 0.6 is 0 Å². The maximum Gasteiger partial charge on any atom is 0.330 e. The van der Waals surface area contributed by atoms with Crippen LogP contribution in [-0.4, -0.2) is 21.5 Å². The summed E-state index contributed by atoms with van der Waals surface area (Å²) in [6.07, 6.45) is 1.63. The van der Waals surface area contributed by atoms with Gasteiger partial charge in [0, 0.05) is 6.54 Å². The van der Waals surface area contributed by atoms with Crippen LogP contribution in [0.3, 0.4) is 0 Å². The van der Waals surface area contributed by atoms with Crippen molar-refractivity contribution in [3.05, 3.63) is 20.8 Å². The Morgan fingerprint density at radius 1 is 1.47 bits per heavy atom. The van der Waals surface area contributed by atoms with Gasteiger partial charge in [-0.1, -0.05) is 13.3 Å². The third-order valence-corrected chi connectivity index (χ3v) is 2.76. The zero-order valence-electron chi connectivity index (χ0n) is 11.0. The number of nitrogen functional groups attached to an aromatic ring is 1. The van der Waals surface area contributed by atoms with Crippen molar-refractivity contribution < 1.29 is 4.79 Å². The predicted molar refractivity (Wildman–Crippen MR) is 72.9 cm³/mol. The number of carbonyl (C=O) groups is 1. The fourth-order valence-corrected chi connectivity index (χ4v) is 1.55. The summed E-state index contributed by atoms with van der Waals surface area (Å²) in [5.74, 6) is -0.611. The van der Waals surface area contributed by atoms with E-state index in [9.17, 15) is 14.4 Å². The average molecular weight is 269 g/mol. The van der Waals surface area contributed by atoms with Crippen molar-refractivity contribution in [2.24, 2.45) is 5.73 Å². The van der Waals surface area contributed by atoms with Gasteiger partial charge in [0.2, 0.25) is 5.91 Å². The first-order valence-corrected chi connectivity index (χ1v) is 6.06. The number of rotatable bonds is 6. The predicted octanol–water partition coefficient (Wildman–Crippen LogP) is -0.795. The SMILES string of the molecule is CCCCn1c(N)c(NC(C)C(N)=O)c(=O)[nH]c1=O. The first-order chi connectivity index (χ1) is 8.88. The third-order valence-electron chi connectivity index (χ3n) is 2.76. The van der Waals surface area contributed by atoms with E-state index in [4.69, 9.17) is 11.5 Å². The lowest BCUT2D eigenvalue weighted by Crippen LogP contribution is -2.39. The van der Waals surface area contributed by atoms with Gasteiger partial charge >= 0.3 is 5.69 Å². The molecule has 6 N–H and O–H groups in total. The van der Waals surface area contributed by atoms with Crippen LogP contribution in [0.4, 0.5) is 11.5 Å². The van der Waals surface area contributed by atoms with E-state index in [1.54, 1.807) is 0 Å². The zero-order valence-corrected chi connectivity index (χ0v) is 11.0. The van der Waals surface area contributed by atoms with Crippen LogP contribution in [-0.2, 0) is 11.3 Å². The van der Waals surface area contributed by atoms with Crippen molar-refractivity contribution in [3.63, 3.8) is 0 Å². The van der Waals surface area contributed by atoms with Gasteiger partial charge in [-0.25, -0.2) is 4.79 Å². The first kappa shape index (κ1) is 14.8. The molecule has 0 aliphatic carbocycles. The van der Waals surface area contributed by atoms with Crippen LogP contribution in [0.15, 0.2) is 9.59 Å². The lowest BCUT2D eigenvalue weighted by molar-refractivity contribution is -0.118. The van der Waals surface area contributed by atoms with E-state index in [0.717, 1.165) is 12.8 Å². The van der Waals surface area contributed by atoms with Crippen LogP contribution in [0.25, 0.3) is 0 Å². The van der Waals surface area contributed by atoms with E-state index in [2.05, 4.69) is 10.3 Å². The van der Waals surface area contributed by atoms with Crippen LogP contribution in [0.2, 0.25) is 0 Å². The summed E-state index contributed by atoms with van der Waals surface area (Å²) < 4.78 is 1.26. The molecule has 0 fully saturated rings. The van der Waals surface area contributed by atoms with Gasteiger partial charge in [0.25, 0.3) is 5.56 Å². The number of hydrogen-bond acceptors (Lipinski definition) is 5. The minimum Gasteiger partial charge on any atom is -0.383 e. The number of anilines is 2. The van der Waals surface area contributed by atoms with Crippen molar-refractivity contribution >= 4 is 17.4 Å². The number of unbranched alkanes of at least 4 members (excludes halogenated alkanes) is 1. The Bertz CT molecular complexity index is 575. The lowest BCUT2D eigenvalue weighted by Gasteiger charge is -2.16. The smallest absolute Gasteiger partial charge is 0.330 e. The number of carbonyl (C=O) groups excluding carboxylic acids is 1. The van der Waals surface area contributed by atoms with Gasteiger partial charge in [-0.15, -0.1) is 0 Å². The van der Waals surface area contributed by atoms with Gasteiger partial charge in [0.05, 0.1) is 0 Å². The molecule has 1 rings (SSSR count). The fourth-order valence-electron chi connectivity index (χ4n) is 1.55. The van der Waals surface area contributed by atoms with E-state index in [-0.39, 0.29) is 11.5 Å². The van der Waals surface area contributed by atoms with Crippen molar-refractivity contribution in [1.82, 2.24) is 9.55 Å². The molecule has 0 bridgehead atoms. The van der Waals surface area contributed by atoms with E-state index in [0.29, 0.717) is 6.54 Å². The molecule has 1 atom stereocenters. The molecule has 1 amide bonds. The van der Waals surface area contributed by atoms with Gasteiger partial charge in [0.1, 0.15) is 17.5 Å². The molecule has 0 spiro atoms. The molecule has 1 unspecified atom stereocenters. The quantitative estimate of drug-likeness (QED) is 0.536. The maximum atomic E-state index is 11.7. The number of nitrogens with one attached hydrogen (secondary N) is 2. The first-order valence-electron chi connectivity index (χ1n) is 6.06. The Labute approximate surface area is 109 Å². The highest BCUT2D eigenvalue weighted by Crippen LogP contribution is 2.12. The summed E-state index contributed by atoms with van der Waals surface area (Å²) in [5.41, 5.74) is 9.67. The molecule has 0 aliphatic rings. The molecule has 0 saturated carbocycles. The van der Waals surface area contributed by atoms with E-state index >= 15 is 0 Å². The third kappa shape index (κ3) is 3.36. The highest BCUT2D eigenvalue weighted by atomic mass is 16.2. The minimum atomic E-state index is -0.763. The summed E-state index contributed by atoms with van der Waals surface area (Å²) in [5, 5.41) is 2.62. The summed E-state index contributed by atoms with van der Waals surface area (Å²) in [6.45, 7) is 3.88. The second kappa shape index (κ2) is 6.07. The Balaban J connectivity index is 3.21. The molecule has 8 heteroatoms. The second-order valence-electron chi connectivity index (χ2n) is 4.29. The van der Waals surface area contributed by atoms with Crippen LogP contribution in [0.1, 0.15) is 26.7 Å². The summed E-state index contributed by atoms with van der Waals surface area (Å²) in [7, 11) is 0. The summed E-state index contributed by atoms with van der Waals surface area (Å²) in [4.78, 5) is 36.5. The Kier molecular flexibility index (Phi) is 4.74. The molecule has 1 aromatic heterocycles. The molecule has 0 radical (unpaired) electrons. The van der Waals surface area contributed by atoms with Gasteiger partial charge in [-0.3, -0.25) is 19.1 Å². The normalized spacial score (nSPS) is 12.1. The van der Waals surface area contributed by atoms with Crippen molar-refractivity contribution in [2.45, 2.75) is 39.3 Å². The molecule has 8 nitrogen and oxygen atoms in total. The Morgan fingerprint density at radius 2 is 2.11 bits per heavy atom. The van der Waals surface area contributed by atoms with Crippen LogP contribution in [0, 0.1) is 0 Å². The maximum absolute atomic E-state index is 11.7. The standard InChI is InChI=1S/C11H19N5O3/c1-3-4-5-16-8(12)7(10(18)15-11(16)19)14-6(2)9(13)17/h6,14H,3-5,12H2,1-2H3,(H2,13,17)(H,15,18,19). The fraction of sp³-hybridized carbons (Fsp3) is 0.545. The number of nitrogens with two attached hydrogens (primary N) is 2. The van der Waals surface area contributed by atoms with Gasteiger partial charge < -0.3 is 16.8 Å². The van der Waals surface area contributed by atoms with Gasteiger partial charge in [-0.2, -0.15) is 0 Å². The highest BCUT2D eigenvalue weighted by Gasteiger charge is 2.16. The number of aromatic amines is 1. The van der Waals surface area contributed by atoms with Crippen LogP contribution in [0.5, 0.6) is 0 Å². The molecule has 0 aliphatic heterocycles. The van der Waals surface area contributed by atoms with Crippen molar-refractivity contribution in [3.8, 4) is 0 Å². The van der Waals surface area contributed by atoms with Gasteiger partial charge in [0.15, 0.2) is 0 Å². The summed E-state index contributed by atoms with van der Waals surface area (Å²) >= 11 is 0.